The standard InChI is InChI=1S/C25H20BrN3O.C25H20ClN3O.C25H20FN3O.C25H21N3O.C24H20N4O/c3*1-15-25-24(22-7-4-12-30-22)27-14-29(25)21-11-10-17(16-8-9-16)13-19(21)23(28-15)18-5-2-3-6-20(18)26;1-16-25-24(22-8-5-13-29-22)26-15-28(25)21-12-11-19(17-9-10-17)14-20(21)23(27-16)18-6-3-2-4-7-18;1-15-24-23(21-6-4-12-29-21)26-14-28(24)20-10-9-17(16-7-8-16)13-18(20)22(27-15)19-5-2-3-11-25-19/h3*2-7,10-16H,8-9H2,1H3;2-8,11-17H,9-10H2,1H3;2-6,9-16H,7-8H2,1H3/t3*15-;16-;15-/m00000/s1. The monoisotopic (exact) mass is 2030 g/mol. The van der Waals surface area contributed by atoms with Gasteiger partial charge in [0.1, 0.15) is 65.9 Å². The Morgan fingerprint density at radius 1 is 0.270 bits per heavy atom. The van der Waals surface area contributed by atoms with Crippen molar-refractivity contribution in [2.24, 2.45) is 25.0 Å². The molecule has 21 nitrogen and oxygen atoms in total. The van der Waals surface area contributed by atoms with Gasteiger partial charge in [-0.1, -0.05) is 143 Å². The molecule has 20 aromatic rings. The van der Waals surface area contributed by atoms with E-state index in [-0.39, 0.29) is 36.0 Å². The van der Waals surface area contributed by atoms with Crippen molar-refractivity contribution in [3.05, 3.63) is 470 Å². The fourth-order valence-electron chi connectivity index (χ4n) is 21.6. The van der Waals surface area contributed by atoms with Crippen molar-refractivity contribution in [3.63, 3.8) is 0 Å². The summed E-state index contributed by atoms with van der Waals surface area (Å²) in [4.78, 5) is 53.8. The first-order valence-corrected chi connectivity index (χ1v) is 52.3. The normalized spacial score (nSPS) is 17.9. The number of hydrogen-bond acceptors (Lipinski definition) is 16. The van der Waals surface area contributed by atoms with Gasteiger partial charge in [-0.05, 0) is 314 Å². The summed E-state index contributed by atoms with van der Waals surface area (Å²) in [7, 11) is 0. The summed E-state index contributed by atoms with van der Waals surface area (Å²) in [6.45, 7) is 10.5. The number of benzene rings is 9. The number of furan rings is 5. The number of nitrogens with zero attached hydrogens (tertiary/aromatic N) is 16. The SMILES string of the molecule is C[C@@H]1N=C(c2ccccc2)c2cc(C3CC3)ccc2-n2cnc(-c3ccco3)c21.C[C@@H]1N=C(c2ccccc2Br)c2cc(C3CC3)ccc2-n2cnc(-c3ccco3)c21.C[C@@H]1N=C(c2ccccc2Cl)c2cc(C3CC3)ccc2-n2cnc(-c3ccco3)c21.C[C@@H]1N=C(c2ccccc2F)c2cc(C3CC3)ccc2-n2cnc(-c3ccco3)c21.C[C@@H]1N=C(c2ccccn2)c2cc(C3CC3)ccc2-n2cnc(-c3ccco3)c21. The van der Waals surface area contributed by atoms with Crippen LogP contribution in [0.2, 0.25) is 5.02 Å². The maximum atomic E-state index is 14.8. The molecule has 11 aromatic heterocycles. The first kappa shape index (κ1) is 91.6. The van der Waals surface area contributed by atoms with Crippen LogP contribution in [0.3, 0.4) is 0 Å². The molecule has 0 saturated heterocycles. The zero-order valence-electron chi connectivity index (χ0n) is 82.0. The van der Waals surface area contributed by atoms with Gasteiger partial charge in [0.05, 0.1) is 153 Å². The third-order valence-corrected chi connectivity index (χ3v) is 30.7. The van der Waals surface area contributed by atoms with E-state index >= 15 is 0 Å². The van der Waals surface area contributed by atoms with Gasteiger partial charge in [0, 0.05) is 65.8 Å². The van der Waals surface area contributed by atoms with Gasteiger partial charge in [0.15, 0.2) is 28.8 Å². The molecule has 5 fully saturated rings. The lowest BCUT2D eigenvalue weighted by atomic mass is 9.96. The zero-order valence-corrected chi connectivity index (χ0v) is 84.3. The minimum atomic E-state index is -0.262. The Labute approximate surface area is 868 Å². The number of aromatic nitrogens is 11. The van der Waals surface area contributed by atoms with Crippen LogP contribution in [0.25, 0.3) is 85.7 Å². The number of pyridine rings is 1. The van der Waals surface area contributed by atoms with Gasteiger partial charge < -0.3 is 22.1 Å². The van der Waals surface area contributed by atoms with Crippen LogP contribution in [-0.2, 0) is 0 Å². The Balaban J connectivity index is 0.0000000936. The second-order valence-corrected chi connectivity index (χ2v) is 40.9. The number of imidazole rings is 5. The summed E-state index contributed by atoms with van der Waals surface area (Å²) < 4.78 is 54.9. The topological polar surface area (TPSA) is 229 Å². The van der Waals surface area contributed by atoms with Crippen LogP contribution >= 0.6 is 27.5 Å². The third-order valence-electron chi connectivity index (χ3n) is 29.6. The molecule has 0 bridgehead atoms. The predicted octanol–water partition coefficient (Wildman–Crippen LogP) is 30.6. The Hall–Kier alpha value is -16.4. The molecule has 9 aromatic carbocycles. The Bertz CT molecular complexity index is 7920. The molecule has 5 atom stereocenters. The molecule has 0 amide bonds. The van der Waals surface area contributed by atoms with Gasteiger partial charge in [-0.25, -0.2) is 29.3 Å². The number of halogens is 3. The molecule has 24 heteroatoms. The van der Waals surface area contributed by atoms with Crippen molar-refractivity contribution in [3.8, 4) is 85.7 Å². The lowest BCUT2D eigenvalue weighted by Gasteiger charge is -2.14. The Morgan fingerprint density at radius 2 is 0.554 bits per heavy atom. The van der Waals surface area contributed by atoms with Crippen LogP contribution in [0.5, 0.6) is 0 Å². The van der Waals surface area contributed by atoms with Gasteiger partial charge in [-0.15, -0.1) is 0 Å². The van der Waals surface area contributed by atoms with Crippen molar-refractivity contribution in [2.45, 2.75) is 159 Å². The average Bonchev–Trinajstić information content (AvgIpc) is 1.60. The number of rotatable bonds is 15. The first-order chi connectivity index (χ1) is 72.7. The molecular weight excluding hydrogens is 1930 g/mol. The molecule has 0 unspecified atom stereocenters. The summed E-state index contributed by atoms with van der Waals surface area (Å²) in [5.74, 6) is 6.80. The highest BCUT2D eigenvalue weighted by Crippen LogP contribution is 2.51. The van der Waals surface area contributed by atoms with Gasteiger partial charge in [-0.3, -0.25) is 52.8 Å². The van der Waals surface area contributed by atoms with Crippen LogP contribution in [-0.4, -0.2) is 81.3 Å². The van der Waals surface area contributed by atoms with Gasteiger partial charge in [0.2, 0.25) is 0 Å². The largest absolute Gasteiger partial charge is 0.463 e. The predicted molar refractivity (Wildman–Crippen MR) is 579 cm³/mol. The van der Waals surface area contributed by atoms with E-state index in [9.17, 15) is 4.39 Å². The first-order valence-electron chi connectivity index (χ1n) is 51.1. The molecule has 5 aliphatic carbocycles. The molecule has 30 rings (SSSR count). The minimum Gasteiger partial charge on any atom is -0.463 e. The average molecular weight is 2030 g/mol. The molecular formula is C124H101BrClFN16O5. The molecule has 148 heavy (non-hydrogen) atoms. The molecule has 0 radical (unpaired) electrons. The van der Waals surface area contributed by atoms with Crippen molar-refractivity contribution in [1.29, 1.82) is 0 Å². The number of fused-ring (bicyclic) bond motifs is 15. The van der Waals surface area contributed by atoms with E-state index < -0.39 is 0 Å². The van der Waals surface area contributed by atoms with Gasteiger partial charge >= 0.3 is 0 Å². The summed E-state index contributed by atoms with van der Waals surface area (Å²) in [5.41, 5.74) is 36.2. The van der Waals surface area contributed by atoms with Crippen molar-refractivity contribution < 1.29 is 26.5 Å². The van der Waals surface area contributed by atoms with E-state index in [1.807, 2.05) is 166 Å². The summed E-state index contributed by atoms with van der Waals surface area (Å²) in [6.07, 6.45) is 32.2. The number of aliphatic imine (C=N–C) groups is 5. The fourth-order valence-corrected chi connectivity index (χ4v) is 22.3. The highest BCUT2D eigenvalue weighted by molar-refractivity contribution is 9.10. The van der Waals surface area contributed by atoms with E-state index in [4.69, 9.17) is 73.6 Å². The maximum Gasteiger partial charge on any atom is 0.154 e. The van der Waals surface area contributed by atoms with E-state index in [2.05, 4.69) is 215 Å². The van der Waals surface area contributed by atoms with Crippen molar-refractivity contribution in [2.75, 3.05) is 0 Å². The molecule has 5 aliphatic heterocycles. The molecule has 728 valence electrons. The quantitative estimate of drug-likeness (QED) is 0.0937. The molecule has 10 aliphatic rings. The van der Waals surface area contributed by atoms with E-state index in [0.29, 0.717) is 51.6 Å². The fraction of sp³-hybridized carbons (Fsp3) is 0.202. The zero-order chi connectivity index (χ0) is 99.5. The van der Waals surface area contributed by atoms with E-state index in [1.165, 1.54) is 104 Å². The Kier molecular flexibility index (Phi) is 23.6. The lowest BCUT2D eigenvalue weighted by Crippen LogP contribution is -2.09. The van der Waals surface area contributed by atoms with Gasteiger partial charge in [-0.2, -0.15) is 0 Å². The highest BCUT2D eigenvalue weighted by atomic mass is 79.9. The van der Waals surface area contributed by atoms with Crippen LogP contribution < -0.4 is 0 Å². The third kappa shape index (κ3) is 17.2. The summed E-state index contributed by atoms with van der Waals surface area (Å²) in [5, 5.41) is 0.710. The summed E-state index contributed by atoms with van der Waals surface area (Å²) in [6, 6.07) is 91.8. The van der Waals surface area contributed by atoms with Gasteiger partial charge in [0.25, 0.3) is 0 Å². The van der Waals surface area contributed by atoms with Crippen LogP contribution in [0, 0.1) is 5.82 Å². The minimum absolute atomic E-state index is 0.0513. The van der Waals surface area contributed by atoms with Crippen molar-refractivity contribution in [1.82, 2.24) is 52.7 Å². The maximum absolute atomic E-state index is 14.8. The van der Waals surface area contributed by atoms with Crippen LogP contribution in [0.15, 0.2) is 394 Å². The second-order valence-electron chi connectivity index (χ2n) is 39.7. The Morgan fingerprint density at radius 3 is 0.872 bits per heavy atom. The molecule has 0 N–H and O–H groups in total. The van der Waals surface area contributed by atoms with Crippen LogP contribution in [0.4, 0.5) is 4.39 Å². The van der Waals surface area contributed by atoms with E-state index in [1.54, 1.807) is 43.4 Å². The smallest absolute Gasteiger partial charge is 0.154 e. The van der Waals surface area contributed by atoms with E-state index in [0.717, 1.165) is 180 Å². The second kappa shape index (κ2) is 38.2. The molecule has 0 spiro atoms. The summed E-state index contributed by atoms with van der Waals surface area (Å²) >= 11 is 10.4. The van der Waals surface area contributed by atoms with Crippen LogP contribution in [0.1, 0.15) is 271 Å². The molecule has 5 saturated carbocycles. The van der Waals surface area contributed by atoms with Crippen molar-refractivity contribution >= 4 is 56.1 Å². The number of hydrogen-bond donors (Lipinski definition) is 0. The molecule has 16 heterocycles. The highest BCUT2D eigenvalue weighted by Gasteiger charge is 2.39. The lowest BCUT2D eigenvalue weighted by molar-refractivity contribution is 0.578.